The molecule has 2 aliphatic heterocycles. The number of hydrogen-bond donors (Lipinski definition) is 18. The maximum atomic E-state index is 13.9. The summed E-state index contributed by atoms with van der Waals surface area (Å²) in [4.78, 5) is 76.9. The molecule has 33 heteroatoms. The Kier molecular flexibility index (Phi) is 46.4. The van der Waals surface area contributed by atoms with Gasteiger partial charge in [0.25, 0.3) is 11.6 Å². The highest BCUT2D eigenvalue weighted by Crippen LogP contribution is 2.48. The van der Waals surface area contributed by atoms with Crippen molar-refractivity contribution in [2.75, 3.05) is 47.3 Å². The second-order valence-corrected chi connectivity index (χ2v) is 29.3. The number of allylic oxidation sites excluding steroid dienone is 1. The van der Waals surface area contributed by atoms with E-state index in [1.54, 1.807) is 6.08 Å². The molecule has 3 amide bonds. The highest BCUT2D eigenvalue weighted by molar-refractivity contribution is 7.47. The summed E-state index contributed by atoms with van der Waals surface area (Å²) >= 11 is 0. The number of carboxylic acid groups (broad SMARTS) is 2. The molecule has 602 valence electrons. The molecule has 0 aromatic rings. The van der Waals surface area contributed by atoms with Crippen LogP contribution in [-0.4, -0.2) is 275 Å². The van der Waals surface area contributed by atoms with Crippen LogP contribution in [0.3, 0.4) is 0 Å². The van der Waals surface area contributed by atoms with Crippen LogP contribution in [0.1, 0.15) is 232 Å². The lowest BCUT2D eigenvalue weighted by Crippen LogP contribution is -2.71. The Hall–Kier alpha value is -3.52. The van der Waals surface area contributed by atoms with Gasteiger partial charge < -0.3 is 121 Å². The summed E-state index contributed by atoms with van der Waals surface area (Å²) in [5, 5.41) is 161. The molecule has 0 spiro atoms. The number of hydrogen-bond acceptors (Lipinski definition) is 26. The number of carbonyl (C=O) groups is 5. The fourth-order valence-corrected chi connectivity index (χ4v) is 14.2. The normalized spacial score (nSPS) is 28.4. The van der Waals surface area contributed by atoms with Gasteiger partial charge in [0.05, 0.1) is 56.3 Å². The van der Waals surface area contributed by atoms with Gasteiger partial charge in [-0.3, -0.25) is 23.4 Å². The Morgan fingerprint density at radius 2 is 0.922 bits per heavy atom. The van der Waals surface area contributed by atoms with E-state index in [-0.39, 0.29) is 6.42 Å². The third kappa shape index (κ3) is 33.1. The lowest BCUT2D eigenvalue weighted by Gasteiger charge is -2.50. The van der Waals surface area contributed by atoms with E-state index in [1.807, 2.05) is 0 Å². The van der Waals surface area contributed by atoms with Gasteiger partial charge in [0.2, 0.25) is 17.7 Å². The number of unbranched alkanes of at least 4 members (excludes halogenated alkanes) is 29. The van der Waals surface area contributed by atoms with Crippen molar-refractivity contribution < 1.29 is 142 Å². The first-order valence-corrected chi connectivity index (χ1v) is 39.0. The van der Waals surface area contributed by atoms with Gasteiger partial charge in [-0.05, 0) is 19.3 Å². The number of amides is 3. The fourth-order valence-electron chi connectivity index (χ4n) is 13.2. The first-order valence-electron chi connectivity index (χ1n) is 37.5. The van der Waals surface area contributed by atoms with E-state index < -0.39 is 205 Å². The first-order chi connectivity index (χ1) is 49.1. The molecule has 1 saturated carbocycles. The van der Waals surface area contributed by atoms with Crippen LogP contribution in [0.4, 0.5) is 0 Å². The average Bonchev–Trinajstić information content (AvgIpc) is 0.757. The van der Waals surface area contributed by atoms with Crippen LogP contribution in [-0.2, 0) is 66.0 Å². The van der Waals surface area contributed by atoms with Crippen molar-refractivity contribution in [2.45, 2.75) is 353 Å². The number of carboxylic acids is 2. The quantitative estimate of drug-likeness (QED) is 0.0236. The van der Waals surface area contributed by atoms with Crippen LogP contribution < -0.4 is 16.0 Å². The molecule has 2 heterocycles. The minimum Gasteiger partial charge on any atom is -0.477 e. The molecule has 2 saturated heterocycles. The van der Waals surface area contributed by atoms with Crippen molar-refractivity contribution in [2.24, 2.45) is 0 Å². The van der Waals surface area contributed by atoms with Crippen LogP contribution in [0.2, 0.25) is 0 Å². The van der Waals surface area contributed by atoms with E-state index in [1.165, 1.54) is 122 Å². The van der Waals surface area contributed by atoms with Crippen LogP contribution in [0, 0.1) is 0 Å². The summed E-state index contributed by atoms with van der Waals surface area (Å²) in [6.07, 6.45) is 2.11. The number of ether oxygens (including phenoxy) is 6. The molecule has 0 aromatic carbocycles. The summed E-state index contributed by atoms with van der Waals surface area (Å²) in [6, 6.07) is -5.17. The summed E-state index contributed by atoms with van der Waals surface area (Å²) in [6.45, 7) is -0.402. The molecule has 1 aliphatic carbocycles. The van der Waals surface area contributed by atoms with Crippen LogP contribution in [0.25, 0.3) is 0 Å². The Balaban J connectivity index is 1.74. The van der Waals surface area contributed by atoms with Crippen LogP contribution >= 0.6 is 7.82 Å². The minimum absolute atomic E-state index is 0.0457. The zero-order valence-corrected chi connectivity index (χ0v) is 61.9. The molecule has 103 heavy (non-hydrogen) atoms. The number of aliphatic carboxylic acids is 2. The number of methoxy groups -OCH3 is 2. The third-order valence-electron chi connectivity index (χ3n) is 19.3. The molecule has 32 nitrogen and oxygen atoms in total. The molecule has 0 radical (unpaired) electrons. The number of phosphoric acid groups is 1. The standard InChI is InChI=1S/C70H128N3O29P/c1-5-7-9-11-13-15-17-18-19-20-21-22-23-24-25-26-28-30-32-34-36-38-52(80)71-46(47(75)37-35-33-31-29-27-16-14-12-10-8-6-2)42-98-103(93,94)102-66-61(87)59(85)60(86)65(62(66)88)101-70(68(91)92)40-49(77)56(64(100-70)58(84)51(79)44-96-4)73-54(82)45-97-69(67(89)90)39-48(76)55(72-53(81)41-74)63(99-69)57(83)50(78)43-95-3/h35,37,46-51,55-66,74-79,83-88H,5-34,36,38-45H2,1-4H3,(H,71,80)(H,72,81)(H,73,82)(H,89,90)(H,91,92)(H,93,94)/b37-35+/t46-,47+,48-,49-,50+,51+,55+,56+,57+,58+,59-,60-,61+,62+,63+,64+,65+,66-,69+,70-/m0/s1. The van der Waals surface area contributed by atoms with Crippen molar-refractivity contribution >= 4 is 37.5 Å². The van der Waals surface area contributed by atoms with Gasteiger partial charge in [-0.25, -0.2) is 14.2 Å². The Morgan fingerprint density at radius 1 is 0.524 bits per heavy atom. The molecule has 3 rings (SSSR count). The van der Waals surface area contributed by atoms with Crippen molar-refractivity contribution in [3.63, 3.8) is 0 Å². The molecule has 0 bridgehead atoms. The SMILES string of the molecule is CCCCCCCCCCC/C=C/[C@@H](O)[C@H](COP(=O)(O)O[C@@H]1[C@H](O)[C@H](O[C@]2(C(=O)O)C[C@H](O)[C@@H](NC(=O)CO[C@]3(C(=O)O)C[C@H](O)[C@@H](NC(=O)CO)[C@H]([C@H](O)[C@H](O)COC)O3)[C@H]([C@H](O)[C@H](O)COC)O2)[C@@H](O)[C@H](O)[C@H]1O)NC(=O)CCCCCCCCCCCCCCCCCCCCCCC. The summed E-state index contributed by atoms with van der Waals surface area (Å²) in [5.74, 6) is -13.8. The number of nitrogens with one attached hydrogen (secondary N) is 3. The Bertz CT molecular complexity index is 2440. The largest absolute Gasteiger partial charge is 0.477 e. The van der Waals surface area contributed by atoms with Crippen molar-refractivity contribution in [1.82, 2.24) is 16.0 Å². The highest BCUT2D eigenvalue weighted by Gasteiger charge is 2.62. The number of carbonyl (C=O) groups excluding carboxylic acids is 3. The van der Waals surface area contributed by atoms with Gasteiger partial charge in [0.15, 0.2) is 0 Å². The van der Waals surface area contributed by atoms with Gasteiger partial charge in [-0.2, -0.15) is 0 Å². The Morgan fingerprint density at radius 3 is 1.35 bits per heavy atom. The lowest BCUT2D eigenvalue weighted by molar-refractivity contribution is -0.350. The molecule has 18 N–H and O–H groups in total. The second-order valence-electron chi connectivity index (χ2n) is 27.9. The smallest absolute Gasteiger partial charge is 0.472 e. The average molecular weight is 1510 g/mol. The number of aliphatic hydroxyl groups excluding tert-OH is 12. The van der Waals surface area contributed by atoms with Gasteiger partial charge in [0, 0.05) is 33.5 Å². The zero-order chi connectivity index (χ0) is 76.5. The highest BCUT2D eigenvalue weighted by atomic mass is 31.2. The molecular weight excluding hydrogens is 1380 g/mol. The predicted molar refractivity (Wildman–Crippen MR) is 372 cm³/mol. The van der Waals surface area contributed by atoms with Gasteiger partial charge in [-0.1, -0.05) is 206 Å². The van der Waals surface area contributed by atoms with E-state index in [9.17, 15) is 105 Å². The van der Waals surface area contributed by atoms with Gasteiger partial charge in [-0.15, -0.1) is 0 Å². The molecule has 3 fully saturated rings. The van der Waals surface area contributed by atoms with Crippen LogP contribution in [0.5, 0.6) is 0 Å². The summed E-state index contributed by atoms with van der Waals surface area (Å²) in [7, 11) is -3.43. The number of aliphatic hydroxyl groups is 12. The number of rotatable bonds is 58. The van der Waals surface area contributed by atoms with Crippen molar-refractivity contribution in [3.05, 3.63) is 12.2 Å². The molecule has 0 aromatic heterocycles. The van der Waals surface area contributed by atoms with E-state index >= 15 is 0 Å². The van der Waals surface area contributed by atoms with E-state index in [0.29, 0.717) is 12.8 Å². The van der Waals surface area contributed by atoms with Gasteiger partial charge in [0.1, 0.15) is 86.5 Å². The van der Waals surface area contributed by atoms with Gasteiger partial charge >= 0.3 is 19.8 Å². The third-order valence-corrected chi connectivity index (χ3v) is 20.3. The van der Waals surface area contributed by atoms with Crippen molar-refractivity contribution in [1.29, 1.82) is 0 Å². The number of phosphoric ester groups is 1. The molecule has 1 unspecified atom stereocenters. The summed E-state index contributed by atoms with van der Waals surface area (Å²) in [5.41, 5.74) is 0. The first kappa shape index (κ1) is 93.7. The second kappa shape index (κ2) is 51.0. The topological polar surface area (TPSA) is 516 Å². The molecular formula is C70H128N3O29P. The monoisotopic (exact) mass is 1510 g/mol. The maximum Gasteiger partial charge on any atom is 0.472 e. The minimum atomic E-state index is -5.63. The lowest BCUT2D eigenvalue weighted by atomic mass is 9.84. The fraction of sp³-hybridized carbons (Fsp3) is 0.900. The van der Waals surface area contributed by atoms with E-state index in [0.717, 1.165) is 84.8 Å². The van der Waals surface area contributed by atoms with Crippen LogP contribution in [0.15, 0.2) is 12.2 Å². The maximum absolute atomic E-state index is 13.9. The van der Waals surface area contributed by atoms with Crippen molar-refractivity contribution in [3.8, 4) is 0 Å². The molecule has 3 aliphatic rings. The van der Waals surface area contributed by atoms with E-state index in [4.69, 9.17) is 37.5 Å². The Labute approximate surface area is 606 Å². The zero-order valence-electron chi connectivity index (χ0n) is 61.0. The van der Waals surface area contributed by atoms with E-state index in [2.05, 4.69) is 29.8 Å². The molecule has 21 atom stereocenters. The summed E-state index contributed by atoms with van der Waals surface area (Å²) < 4.78 is 56.5. The predicted octanol–water partition coefficient (Wildman–Crippen LogP) is 2.83.